The van der Waals surface area contributed by atoms with Gasteiger partial charge in [-0.15, -0.1) is 12.4 Å². The Bertz CT molecular complexity index is 597. The molecule has 3 N–H and O–H groups in total. The first-order valence-corrected chi connectivity index (χ1v) is 9.15. The van der Waals surface area contributed by atoms with Crippen LogP contribution in [0, 0.1) is 5.92 Å². The number of piperidine rings is 1. The minimum atomic E-state index is -1.05. The lowest BCUT2D eigenvalue weighted by molar-refractivity contribution is -0.138. The zero-order valence-corrected chi connectivity index (χ0v) is 17.3. The summed E-state index contributed by atoms with van der Waals surface area (Å²) in [6.07, 6.45) is 1.53. The van der Waals surface area contributed by atoms with Gasteiger partial charge in [-0.05, 0) is 37.5 Å². The summed E-state index contributed by atoms with van der Waals surface area (Å²) < 4.78 is 0.955. The minimum absolute atomic E-state index is 0. The zero-order chi connectivity index (χ0) is 17.9. The van der Waals surface area contributed by atoms with Gasteiger partial charge in [0.25, 0.3) is 0 Å². The molecule has 1 aromatic carbocycles. The number of carbonyl (C=O) groups excluding carboxylic acids is 2. The molecule has 2 amide bonds. The average molecular weight is 433 g/mol. The highest BCUT2D eigenvalue weighted by atomic mass is 79.9. The van der Waals surface area contributed by atoms with Crippen LogP contribution in [-0.4, -0.2) is 35.8 Å². The van der Waals surface area contributed by atoms with Gasteiger partial charge in [0.2, 0.25) is 11.8 Å². The number of halogens is 2. The molecular weight excluding hydrogens is 406 g/mol. The Hall–Kier alpha value is -1.11. The molecule has 25 heavy (non-hydrogen) atoms. The van der Waals surface area contributed by atoms with E-state index in [4.69, 9.17) is 5.73 Å². The number of amides is 2. The Morgan fingerprint density at radius 1 is 1.24 bits per heavy atom. The first kappa shape index (κ1) is 21.9. The van der Waals surface area contributed by atoms with E-state index in [1.165, 1.54) is 0 Å². The van der Waals surface area contributed by atoms with E-state index in [2.05, 4.69) is 21.2 Å². The summed E-state index contributed by atoms with van der Waals surface area (Å²) in [7, 11) is 0. The molecule has 1 unspecified atom stereocenters. The van der Waals surface area contributed by atoms with Crippen LogP contribution in [0.25, 0.3) is 0 Å². The van der Waals surface area contributed by atoms with Crippen molar-refractivity contribution in [1.29, 1.82) is 0 Å². The monoisotopic (exact) mass is 431 g/mol. The van der Waals surface area contributed by atoms with E-state index in [1.807, 2.05) is 38.1 Å². The molecule has 0 aliphatic carbocycles. The number of nitrogens with one attached hydrogen (secondary N) is 1. The van der Waals surface area contributed by atoms with Gasteiger partial charge in [-0.2, -0.15) is 0 Å². The maximum Gasteiger partial charge on any atom is 0.246 e. The maximum atomic E-state index is 12.8. The minimum Gasteiger partial charge on any atom is -0.353 e. The quantitative estimate of drug-likeness (QED) is 0.768. The van der Waals surface area contributed by atoms with Crippen molar-refractivity contribution in [2.75, 3.05) is 13.1 Å². The molecule has 0 aromatic heterocycles. The third-order valence-corrected chi connectivity index (χ3v) is 5.07. The molecule has 0 bridgehead atoms. The second-order valence-corrected chi connectivity index (χ2v) is 7.85. The van der Waals surface area contributed by atoms with Gasteiger partial charge >= 0.3 is 0 Å². The summed E-state index contributed by atoms with van der Waals surface area (Å²) in [5, 5.41) is 3.04. The summed E-state index contributed by atoms with van der Waals surface area (Å²) in [4.78, 5) is 26.4. The lowest BCUT2D eigenvalue weighted by atomic mass is 9.90. The lowest BCUT2D eigenvalue weighted by Gasteiger charge is -2.37. The third-order valence-electron chi connectivity index (χ3n) is 4.54. The van der Waals surface area contributed by atoms with Crippen molar-refractivity contribution in [1.82, 2.24) is 10.2 Å². The molecule has 2 rings (SSSR count). The van der Waals surface area contributed by atoms with E-state index < -0.39 is 5.54 Å². The number of carbonyl (C=O) groups is 2. The largest absolute Gasteiger partial charge is 0.353 e. The highest BCUT2D eigenvalue weighted by Gasteiger charge is 2.36. The van der Waals surface area contributed by atoms with Gasteiger partial charge in [-0.25, -0.2) is 0 Å². The molecule has 1 aliphatic heterocycles. The van der Waals surface area contributed by atoms with Crippen molar-refractivity contribution >= 4 is 40.2 Å². The van der Waals surface area contributed by atoms with E-state index in [1.54, 1.807) is 11.8 Å². The number of hydrogen-bond donors (Lipinski definition) is 2. The molecule has 5 nitrogen and oxygen atoms in total. The zero-order valence-electron chi connectivity index (χ0n) is 14.9. The summed E-state index contributed by atoms with van der Waals surface area (Å²) in [6.45, 7) is 6.75. The molecule has 0 saturated carbocycles. The molecule has 1 heterocycles. The topological polar surface area (TPSA) is 75.4 Å². The lowest BCUT2D eigenvalue weighted by Crippen LogP contribution is -2.55. The highest BCUT2D eigenvalue weighted by Crippen LogP contribution is 2.24. The Balaban J connectivity index is 0.00000312. The van der Waals surface area contributed by atoms with Crippen LogP contribution in [0.1, 0.15) is 39.2 Å². The third kappa shape index (κ3) is 5.43. The number of rotatable bonds is 4. The predicted octanol–water partition coefficient (Wildman–Crippen LogP) is 2.81. The number of nitrogens with zero attached hydrogens (tertiary/aromatic N) is 1. The van der Waals surface area contributed by atoms with Crippen LogP contribution >= 0.6 is 28.3 Å². The fourth-order valence-electron chi connectivity index (χ4n) is 2.84. The Labute approximate surface area is 164 Å². The van der Waals surface area contributed by atoms with E-state index >= 15 is 0 Å². The molecule has 1 atom stereocenters. The van der Waals surface area contributed by atoms with Gasteiger partial charge in [0.1, 0.15) is 5.54 Å². The number of likely N-dealkylation sites (tertiary alicyclic amines) is 1. The molecular formula is C18H27BrClN3O2. The van der Waals surface area contributed by atoms with Gasteiger partial charge in [-0.3, -0.25) is 9.59 Å². The van der Waals surface area contributed by atoms with Crippen LogP contribution in [0.2, 0.25) is 0 Å². The summed E-state index contributed by atoms with van der Waals surface area (Å²) >= 11 is 3.39. The number of hydrogen-bond acceptors (Lipinski definition) is 3. The SMILES string of the molecule is CC(C)C(=O)NC1CCN(C(=O)C(C)(N)c2ccc(Br)cc2)CC1.Cl. The van der Waals surface area contributed by atoms with Gasteiger partial charge in [0.05, 0.1) is 0 Å². The second-order valence-electron chi connectivity index (χ2n) is 6.94. The van der Waals surface area contributed by atoms with Crippen LogP contribution < -0.4 is 11.1 Å². The van der Waals surface area contributed by atoms with Crippen molar-refractivity contribution in [3.8, 4) is 0 Å². The van der Waals surface area contributed by atoms with Crippen LogP contribution in [0.5, 0.6) is 0 Å². The molecule has 0 spiro atoms. The predicted molar refractivity (Wildman–Crippen MR) is 106 cm³/mol. The van der Waals surface area contributed by atoms with Gasteiger partial charge in [0, 0.05) is 29.5 Å². The molecule has 1 fully saturated rings. The number of benzene rings is 1. The normalized spacial score (nSPS) is 17.6. The van der Waals surface area contributed by atoms with Crippen LogP contribution in [0.15, 0.2) is 28.7 Å². The molecule has 0 radical (unpaired) electrons. The Kier molecular flexibility index (Phi) is 7.90. The van der Waals surface area contributed by atoms with Gasteiger partial charge in [-0.1, -0.05) is 41.9 Å². The molecule has 1 aliphatic rings. The van der Waals surface area contributed by atoms with Crippen molar-refractivity contribution < 1.29 is 9.59 Å². The van der Waals surface area contributed by atoms with E-state index in [-0.39, 0.29) is 36.2 Å². The summed E-state index contributed by atoms with van der Waals surface area (Å²) in [6, 6.07) is 7.67. The van der Waals surface area contributed by atoms with Crippen LogP contribution in [-0.2, 0) is 15.1 Å². The van der Waals surface area contributed by atoms with E-state index in [9.17, 15) is 9.59 Å². The summed E-state index contributed by atoms with van der Waals surface area (Å²) in [5.74, 6) is -0.0221. The Morgan fingerprint density at radius 2 is 1.76 bits per heavy atom. The maximum absolute atomic E-state index is 12.8. The first-order valence-electron chi connectivity index (χ1n) is 8.36. The van der Waals surface area contributed by atoms with Crippen molar-refractivity contribution in [2.45, 2.75) is 45.2 Å². The number of nitrogens with two attached hydrogens (primary N) is 1. The van der Waals surface area contributed by atoms with Gasteiger partial charge < -0.3 is 16.0 Å². The molecule has 1 aromatic rings. The van der Waals surface area contributed by atoms with Crippen molar-refractivity contribution in [2.24, 2.45) is 11.7 Å². The Morgan fingerprint density at radius 3 is 2.24 bits per heavy atom. The summed E-state index contributed by atoms with van der Waals surface area (Å²) in [5.41, 5.74) is 6.09. The van der Waals surface area contributed by atoms with Crippen LogP contribution in [0.4, 0.5) is 0 Å². The highest BCUT2D eigenvalue weighted by molar-refractivity contribution is 9.10. The first-order chi connectivity index (χ1) is 11.2. The van der Waals surface area contributed by atoms with E-state index in [0.29, 0.717) is 13.1 Å². The molecule has 1 saturated heterocycles. The standard InChI is InChI=1S/C18H26BrN3O2.ClH/c1-12(2)16(23)21-15-8-10-22(11-9-15)17(24)18(3,20)13-4-6-14(19)7-5-13;/h4-7,12,15H,8-11,20H2,1-3H3,(H,21,23);1H. The van der Waals surface area contributed by atoms with Crippen LogP contribution in [0.3, 0.4) is 0 Å². The fourth-order valence-corrected chi connectivity index (χ4v) is 3.11. The van der Waals surface area contributed by atoms with Crippen molar-refractivity contribution in [3.05, 3.63) is 34.3 Å². The smallest absolute Gasteiger partial charge is 0.246 e. The van der Waals surface area contributed by atoms with E-state index in [0.717, 1.165) is 22.9 Å². The average Bonchev–Trinajstić information content (AvgIpc) is 2.55. The van der Waals surface area contributed by atoms with Gasteiger partial charge in [0.15, 0.2) is 0 Å². The second kappa shape index (κ2) is 9.01. The van der Waals surface area contributed by atoms with Crippen molar-refractivity contribution in [3.63, 3.8) is 0 Å². The molecule has 140 valence electrons. The molecule has 7 heteroatoms. The fraction of sp³-hybridized carbons (Fsp3) is 0.556.